The van der Waals surface area contributed by atoms with Crippen molar-refractivity contribution in [3.8, 4) is 16.9 Å². The monoisotopic (exact) mass is 453 g/mol. The summed E-state index contributed by atoms with van der Waals surface area (Å²) in [6.07, 6.45) is 1.42. The molecule has 158 valence electrons. The Hall–Kier alpha value is -3.16. The number of benzene rings is 2. The predicted molar refractivity (Wildman–Crippen MR) is 125 cm³/mol. The predicted octanol–water partition coefficient (Wildman–Crippen LogP) is 5.30. The molecule has 6 nitrogen and oxygen atoms in total. The summed E-state index contributed by atoms with van der Waals surface area (Å²) < 4.78 is 6.62. The molecule has 2 aromatic carbocycles. The van der Waals surface area contributed by atoms with E-state index >= 15 is 0 Å². The van der Waals surface area contributed by atoms with E-state index in [1.165, 1.54) is 29.3 Å². The highest BCUT2D eigenvalue weighted by atomic mass is 35.5. The van der Waals surface area contributed by atoms with Gasteiger partial charge in [0.15, 0.2) is 0 Å². The fourth-order valence-corrected chi connectivity index (χ4v) is 4.39. The number of hydrogen-bond acceptors (Lipinski definition) is 5. The number of methoxy groups -OCH3 is 1. The topological polar surface area (TPSA) is 73.2 Å². The number of carbonyl (C=O) groups is 1. The van der Waals surface area contributed by atoms with E-state index in [0.29, 0.717) is 26.7 Å². The zero-order valence-electron chi connectivity index (χ0n) is 17.2. The van der Waals surface area contributed by atoms with Gasteiger partial charge in [0.1, 0.15) is 16.6 Å². The fraction of sp³-hybridized carbons (Fsp3) is 0.174. The molecule has 0 saturated heterocycles. The van der Waals surface area contributed by atoms with Crippen LogP contribution in [0.4, 0.5) is 5.69 Å². The van der Waals surface area contributed by atoms with Crippen LogP contribution in [0.25, 0.3) is 21.3 Å². The van der Waals surface area contributed by atoms with Gasteiger partial charge in [-0.25, -0.2) is 4.98 Å². The van der Waals surface area contributed by atoms with Crippen molar-refractivity contribution in [2.75, 3.05) is 12.4 Å². The molecule has 2 heterocycles. The van der Waals surface area contributed by atoms with E-state index in [4.69, 9.17) is 16.3 Å². The zero-order chi connectivity index (χ0) is 22.1. The van der Waals surface area contributed by atoms with Crippen LogP contribution in [0.3, 0.4) is 0 Å². The summed E-state index contributed by atoms with van der Waals surface area (Å²) in [5, 5.41) is 5.69. The van der Waals surface area contributed by atoms with E-state index in [1.54, 1.807) is 25.1 Å². The molecule has 0 saturated carbocycles. The van der Waals surface area contributed by atoms with Crippen molar-refractivity contribution in [1.29, 1.82) is 0 Å². The van der Waals surface area contributed by atoms with Crippen LogP contribution in [0.5, 0.6) is 5.75 Å². The number of rotatable bonds is 5. The molecule has 0 aliphatic heterocycles. The standard InChI is InChI=1S/C23H20ClN3O3S/c1-13-4-6-15(7-5-13)17-11-31-22-20(17)23(29)27(12-25-22)14(2)21(28)26-18-10-16(24)8-9-19(18)30-3/h4-12,14H,1-3H3,(H,26,28). The normalized spacial score (nSPS) is 12.0. The summed E-state index contributed by atoms with van der Waals surface area (Å²) in [6, 6.07) is 12.1. The maximum absolute atomic E-state index is 13.3. The van der Waals surface area contributed by atoms with Gasteiger partial charge in [0.05, 0.1) is 24.5 Å². The Balaban J connectivity index is 1.71. The molecular formula is C23H20ClN3O3S. The van der Waals surface area contributed by atoms with Crippen molar-refractivity contribution >= 4 is 44.7 Å². The first-order valence-corrected chi connectivity index (χ1v) is 10.8. The van der Waals surface area contributed by atoms with Crippen LogP contribution in [0.15, 0.2) is 59.0 Å². The number of ether oxygens (including phenoxy) is 1. The molecule has 1 amide bonds. The largest absolute Gasteiger partial charge is 0.495 e. The molecule has 4 aromatic rings. The molecule has 0 aliphatic carbocycles. The van der Waals surface area contributed by atoms with Gasteiger partial charge in [-0.05, 0) is 37.6 Å². The number of thiophene rings is 1. The van der Waals surface area contributed by atoms with Crippen LogP contribution in [-0.4, -0.2) is 22.6 Å². The molecule has 1 unspecified atom stereocenters. The van der Waals surface area contributed by atoms with Gasteiger partial charge in [-0.2, -0.15) is 0 Å². The third kappa shape index (κ3) is 4.06. The van der Waals surface area contributed by atoms with E-state index in [-0.39, 0.29) is 11.5 Å². The van der Waals surface area contributed by atoms with Crippen LogP contribution in [0.1, 0.15) is 18.5 Å². The molecule has 1 atom stereocenters. The Morgan fingerprint density at radius 2 is 1.97 bits per heavy atom. The average Bonchev–Trinajstić information content (AvgIpc) is 3.19. The van der Waals surface area contributed by atoms with E-state index in [9.17, 15) is 9.59 Å². The first-order chi connectivity index (χ1) is 14.9. The lowest BCUT2D eigenvalue weighted by Crippen LogP contribution is -2.31. The van der Waals surface area contributed by atoms with Crippen LogP contribution in [-0.2, 0) is 4.79 Å². The molecule has 31 heavy (non-hydrogen) atoms. The highest BCUT2D eigenvalue weighted by Gasteiger charge is 2.21. The molecule has 0 radical (unpaired) electrons. The van der Waals surface area contributed by atoms with Gasteiger partial charge in [-0.15, -0.1) is 11.3 Å². The van der Waals surface area contributed by atoms with Gasteiger partial charge in [0.25, 0.3) is 5.56 Å². The molecule has 0 aliphatic rings. The number of anilines is 1. The molecular weight excluding hydrogens is 434 g/mol. The van der Waals surface area contributed by atoms with E-state index in [1.807, 2.05) is 36.6 Å². The Kier molecular flexibility index (Phi) is 5.80. The van der Waals surface area contributed by atoms with E-state index in [2.05, 4.69) is 10.3 Å². The van der Waals surface area contributed by atoms with Gasteiger partial charge in [-0.3, -0.25) is 14.2 Å². The number of aryl methyl sites for hydroxylation is 1. The van der Waals surface area contributed by atoms with Gasteiger partial charge in [0, 0.05) is 16.0 Å². The Bertz CT molecular complexity index is 1330. The number of amides is 1. The quantitative estimate of drug-likeness (QED) is 0.445. The summed E-state index contributed by atoms with van der Waals surface area (Å²) in [6.45, 7) is 3.67. The van der Waals surface area contributed by atoms with Crippen LogP contribution >= 0.6 is 22.9 Å². The number of hydrogen-bond donors (Lipinski definition) is 1. The Morgan fingerprint density at radius 1 is 1.23 bits per heavy atom. The second-order valence-electron chi connectivity index (χ2n) is 7.16. The highest BCUT2D eigenvalue weighted by molar-refractivity contribution is 7.17. The summed E-state index contributed by atoms with van der Waals surface area (Å²) in [5.74, 6) is 0.0984. The highest BCUT2D eigenvalue weighted by Crippen LogP contribution is 2.31. The fourth-order valence-electron chi connectivity index (χ4n) is 3.31. The summed E-state index contributed by atoms with van der Waals surface area (Å²) in [7, 11) is 1.51. The molecule has 4 rings (SSSR count). The number of fused-ring (bicyclic) bond motifs is 1. The zero-order valence-corrected chi connectivity index (χ0v) is 18.8. The van der Waals surface area contributed by atoms with Crippen molar-refractivity contribution in [3.63, 3.8) is 0 Å². The van der Waals surface area contributed by atoms with Crippen LogP contribution in [0.2, 0.25) is 5.02 Å². The molecule has 0 bridgehead atoms. The molecule has 0 fully saturated rings. The summed E-state index contributed by atoms with van der Waals surface area (Å²) in [5.41, 5.74) is 3.07. The average molecular weight is 454 g/mol. The number of carbonyl (C=O) groups excluding carboxylic acids is 1. The number of nitrogens with one attached hydrogen (secondary N) is 1. The van der Waals surface area contributed by atoms with Crippen molar-refractivity contribution in [3.05, 3.63) is 75.1 Å². The maximum atomic E-state index is 13.3. The van der Waals surface area contributed by atoms with Crippen LogP contribution < -0.4 is 15.6 Å². The third-order valence-electron chi connectivity index (χ3n) is 5.10. The van der Waals surface area contributed by atoms with Gasteiger partial charge in [0.2, 0.25) is 5.91 Å². The minimum absolute atomic E-state index is 0.262. The summed E-state index contributed by atoms with van der Waals surface area (Å²) >= 11 is 7.46. The minimum atomic E-state index is -0.793. The number of nitrogens with zero attached hydrogens (tertiary/aromatic N) is 2. The van der Waals surface area contributed by atoms with Gasteiger partial charge in [-0.1, -0.05) is 41.4 Å². The third-order valence-corrected chi connectivity index (χ3v) is 6.22. The van der Waals surface area contributed by atoms with Crippen molar-refractivity contribution in [2.45, 2.75) is 19.9 Å². The first-order valence-electron chi connectivity index (χ1n) is 9.59. The van der Waals surface area contributed by atoms with E-state index < -0.39 is 6.04 Å². The Morgan fingerprint density at radius 3 is 2.68 bits per heavy atom. The molecule has 2 aromatic heterocycles. The molecule has 0 spiro atoms. The first kappa shape index (κ1) is 21.1. The number of aromatic nitrogens is 2. The van der Waals surface area contributed by atoms with E-state index in [0.717, 1.165) is 16.7 Å². The SMILES string of the molecule is COc1ccc(Cl)cc1NC(=O)C(C)n1cnc2scc(-c3ccc(C)cc3)c2c1=O. The molecule has 1 N–H and O–H groups in total. The Labute approximate surface area is 188 Å². The molecule has 8 heteroatoms. The second-order valence-corrected chi connectivity index (χ2v) is 8.46. The number of halogens is 1. The lowest BCUT2D eigenvalue weighted by atomic mass is 10.0. The maximum Gasteiger partial charge on any atom is 0.263 e. The van der Waals surface area contributed by atoms with Crippen molar-refractivity contribution < 1.29 is 9.53 Å². The van der Waals surface area contributed by atoms with Crippen molar-refractivity contribution in [2.24, 2.45) is 0 Å². The second kappa shape index (κ2) is 8.53. The van der Waals surface area contributed by atoms with Gasteiger partial charge < -0.3 is 10.1 Å². The lowest BCUT2D eigenvalue weighted by molar-refractivity contribution is -0.118. The smallest absolute Gasteiger partial charge is 0.263 e. The summed E-state index contributed by atoms with van der Waals surface area (Å²) in [4.78, 5) is 31.3. The lowest BCUT2D eigenvalue weighted by Gasteiger charge is -2.16. The van der Waals surface area contributed by atoms with Gasteiger partial charge >= 0.3 is 0 Å². The van der Waals surface area contributed by atoms with Crippen molar-refractivity contribution in [1.82, 2.24) is 9.55 Å². The minimum Gasteiger partial charge on any atom is -0.495 e. The van der Waals surface area contributed by atoms with Crippen LogP contribution in [0, 0.1) is 6.92 Å².